The summed E-state index contributed by atoms with van der Waals surface area (Å²) in [6, 6.07) is 0. The van der Waals surface area contributed by atoms with Crippen molar-refractivity contribution in [3.05, 3.63) is 11.6 Å². The van der Waals surface area contributed by atoms with Gasteiger partial charge in [-0.15, -0.1) is 0 Å². The zero-order valence-electron chi connectivity index (χ0n) is 21.2. The summed E-state index contributed by atoms with van der Waals surface area (Å²) in [7, 11) is 0. The summed E-state index contributed by atoms with van der Waals surface area (Å²) < 4.78 is 5.35. The number of aliphatic hydroxyl groups excluding tert-OH is 5. The van der Waals surface area contributed by atoms with Crippen LogP contribution in [0.25, 0.3) is 0 Å². The predicted octanol–water partition coefficient (Wildman–Crippen LogP) is 3.82. The van der Waals surface area contributed by atoms with E-state index in [-0.39, 0.29) is 6.61 Å². The second-order valence-corrected chi connectivity index (χ2v) is 10.2. The number of hydrogen-bond acceptors (Lipinski definition) is 6. The highest BCUT2D eigenvalue weighted by Gasteiger charge is 2.29. The molecule has 0 aromatic carbocycles. The molecule has 6 nitrogen and oxygen atoms in total. The van der Waals surface area contributed by atoms with Crippen LogP contribution in [0.5, 0.6) is 0 Å². The van der Waals surface area contributed by atoms with Gasteiger partial charge >= 0.3 is 0 Å². The fourth-order valence-corrected chi connectivity index (χ4v) is 3.86. The third-order valence-corrected chi connectivity index (χ3v) is 6.30. The summed E-state index contributed by atoms with van der Waals surface area (Å²) in [4.78, 5) is 0. The van der Waals surface area contributed by atoms with Gasteiger partial charge in [0, 0.05) is 0 Å². The van der Waals surface area contributed by atoms with E-state index in [4.69, 9.17) is 9.84 Å². The van der Waals surface area contributed by atoms with Crippen LogP contribution in [0.3, 0.4) is 0 Å². The normalized spacial score (nSPS) is 18.4. The number of ether oxygens (including phenoxy) is 1. The SMILES string of the molecule is CC(=CCOC[C@H](O)[C@H](O)[C@@H](O)[C@@H](O)CO)CCCC(C)CCCC(C)CCCC(C)C. The monoisotopic (exact) mass is 460 g/mol. The lowest BCUT2D eigenvalue weighted by molar-refractivity contribution is -0.127. The van der Waals surface area contributed by atoms with Crippen LogP contribution in [0.2, 0.25) is 0 Å². The Bertz CT molecular complexity index is 467. The topological polar surface area (TPSA) is 110 Å². The van der Waals surface area contributed by atoms with Crippen LogP contribution >= 0.6 is 0 Å². The average Bonchev–Trinajstić information content (AvgIpc) is 2.74. The minimum atomic E-state index is -1.62. The summed E-state index contributed by atoms with van der Waals surface area (Å²) in [6.07, 6.45) is 7.38. The summed E-state index contributed by atoms with van der Waals surface area (Å²) in [5.74, 6) is 2.41. The molecule has 192 valence electrons. The Kier molecular flexibility index (Phi) is 18.6. The van der Waals surface area contributed by atoms with Gasteiger partial charge in [0.15, 0.2) is 0 Å². The standard InChI is InChI=1S/C26H52O6/c1-19(2)9-6-10-20(3)11-7-12-21(4)13-8-14-22(5)15-16-32-18-24(29)26(31)25(30)23(28)17-27/h15,19-21,23-31H,6-14,16-18H2,1-5H3/t20?,21?,23-,24-,25-,26-/m0/s1. The molecule has 5 N–H and O–H groups in total. The molecular formula is C26H52O6. The summed E-state index contributed by atoms with van der Waals surface area (Å²) in [5, 5.41) is 47.2. The second kappa shape index (κ2) is 18.9. The molecule has 0 bridgehead atoms. The maximum Gasteiger partial charge on any atom is 0.111 e. The van der Waals surface area contributed by atoms with Crippen LogP contribution in [0, 0.1) is 17.8 Å². The minimum Gasteiger partial charge on any atom is -0.394 e. The van der Waals surface area contributed by atoms with Gasteiger partial charge in [0.25, 0.3) is 0 Å². The lowest BCUT2D eigenvalue weighted by Gasteiger charge is -2.25. The zero-order chi connectivity index (χ0) is 24.5. The van der Waals surface area contributed by atoms with E-state index in [1.807, 2.05) is 6.08 Å². The Hall–Kier alpha value is -0.500. The lowest BCUT2D eigenvalue weighted by Crippen LogP contribution is -2.47. The van der Waals surface area contributed by atoms with Gasteiger partial charge in [0.1, 0.15) is 24.4 Å². The molecule has 0 saturated carbocycles. The van der Waals surface area contributed by atoms with Crippen LogP contribution < -0.4 is 0 Å². The molecule has 0 amide bonds. The van der Waals surface area contributed by atoms with Crippen molar-refractivity contribution in [1.29, 1.82) is 0 Å². The van der Waals surface area contributed by atoms with Gasteiger partial charge in [-0.25, -0.2) is 0 Å². The van der Waals surface area contributed by atoms with Crippen molar-refractivity contribution in [2.24, 2.45) is 17.8 Å². The quantitative estimate of drug-likeness (QED) is 0.140. The molecule has 0 rings (SSSR count). The van der Waals surface area contributed by atoms with E-state index in [1.54, 1.807) is 0 Å². The fraction of sp³-hybridized carbons (Fsp3) is 0.923. The number of allylic oxidation sites excluding steroid dienone is 1. The Labute approximate surface area is 196 Å². The van der Waals surface area contributed by atoms with Crippen molar-refractivity contribution in [3.8, 4) is 0 Å². The van der Waals surface area contributed by atoms with Crippen LogP contribution in [0.15, 0.2) is 11.6 Å². The van der Waals surface area contributed by atoms with E-state index < -0.39 is 31.0 Å². The van der Waals surface area contributed by atoms with Gasteiger partial charge in [-0.3, -0.25) is 0 Å². The molecule has 0 aliphatic heterocycles. The van der Waals surface area contributed by atoms with E-state index in [0.29, 0.717) is 6.61 Å². The van der Waals surface area contributed by atoms with Crippen LogP contribution in [-0.2, 0) is 4.74 Å². The highest BCUT2D eigenvalue weighted by atomic mass is 16.5. The van der Waals surface area contributed by atoms with Crippen LogP contribution in [-0.4, -0.2) is 69.8 Å². The largest absolute Gasteiger partial charge is 0.394 e. The Morgan fingerprint density at radius 2 is 1.25 bits per heavy atom. The molecular weight excluding hydrogens is 408 g/mol. The van der Waals surface area contributed by atoms with Crippen molar-refractivity contribution >= 4 is 0 Å². The molecule has 6 atom stereocenters. The Morgan fingerprint density at radius 3 is 1.78 bits per heavy atom. The van der Waals surface area contributed by atoms with Gasteiger partial charge in [0.05, 0.1) is 19.8 Å². The third kappa shape index (κ3) is 16.2. The highest BCUT2D eigenvalue weighted by molar-refractivity contribution is 4.97. The first-order valence-corrected chi connectivity index (χ1v) is 12.6. The van der Waals surface area contributed by atoms with Crippen LogP contribution in [0.1, 0.15) is 92.4 Å². The molecule has 0 aliphatic rings. The second-order valence-electron chi connectivity index (χ2n) is 10.2. The molecule has 0 saturated heterocycles. The molecule has 6 heteroatoms. The van der Waals surface area contributed by atoms with E-state index in [9.17, 15) is 20.4 Å². The van der Waals surface area contributed by atoms with Gasteiger partial charge in [0.2, 0.25) is 0 Å². The summed E-state index contributed by atoms with van der Waals surface area (Å²) >= 11 is 0. The summed E-state index contributed by atoms with van der Waals surface area (Å²) in [5.41, 5.74) is 1.24. The molecule has 0 radical (unpaired) electrons. The number of hydrogen-bond donors (Lipinski definition) is 5. The van der Waals surface area contributed by atoms with Gasteiger partial charge in [-0.1, -0.05) is 84.3 Å². The average molecular weight is 461 g/mol. The predicted molar refractivity (Wildman–Crippen MR) is 130 cm³/mol. The van der Waals surface area contributed by atoms with E-state index in [1.165, 1.54) is 50.5 Å². The van der Waals surface area contributed by atoms with E-state index in [2.05, 4.69) is 34.6 Å². The third-order valence-electron chi connectivity index (χ3n) is 6.30. The van der Waals surface area contributed by atoms with Crippen molar-refractivity contribution in [1.82, 2.24) is 0 Å². The molecule has 32 heavy (non-hydrogen) atoms. The molecule has 2 unspecified atom stereocenters. The summed E-state index contributed by atoms with van der Waals surface area (Å²) in [6.45, 7) is 10.9. The molecule has 0 fully saturated rings. The lowest BCUT2D eigenvalue weighted by atomic mass is 9.91. The van der Waals surface area contributed by atoms with E-state index in [0.717, 1.165) is 30.6 Å². The highest BCUT2D eigenvalue weighted by Crippen LogP contribution is 2.22. The van der Waals surface area contributed by atoms with Crippen molar-refractivity contribution in [2.75, 3.05) is 19.8 Å². The van der Waals surface area contributed by atoms with Crippen molar-refractivity contribution < 1.29 is 30.3 Å². The molecule has 0 aromatic rings. The molecule has 0 aliphatic carbocycles. The van der Waals surface area contributed by atoms with E-state index >= 15 is 0 Å². The number of aliphatic hydroxyl groups is 5. The maximum absolute atomic E-state index is 9.82. The smallest absolute Gasteiger partial charge is 0.111 e. The maximum atomic E-state index is 9.82. The van der Waals surface area contributed by atoms with Crippen molar-refractivity contribution in [2.45, 2.75) is 117 Å². The van der Waals surface area contributed by atoms with Crippen LogP contribution in [0.4, 0.5) is 0 Å². The van der Waals surface area contributed by atoms with Gasteiger partial charge in [-0.2, -0.15) is 0 Å². The Morgan fingerprint density at radius 1 is 0.750 bits per heavy atom. The first kappa shape index (κ1) is 31.5. The number of rotatable bonds is 20. The molecule has 0 heterocycles. The minimum absolute atomic E-state index is 0.160. The molecule has 0 spiro atoms. The first-order valence-electron chi connectivity index (χ1n) is 12.6. The fourth-order valence-electron chi connectivity index (χ4n) is 3.86. The zero-order valence-corrected chi connectivity index (χ0v) is 21.2. The molecule has 0 aromatic heterocycles. The first-order chi connectivity index (χ1) is 15.1. The Balaban J connectivity index is 3.87. The van der Waals surface area contributed by atoms with Gasteiger partial charge in [-0.05, 0) is 37.5 Å². The van der Waals surface area contributed by atoms with Gasteiger partial charge < -0.3 is 30.3 Å². The van der Waals surface area contributed by atoms with Crippen molar-refractivity contribution in [3.63, 3.8) is 0 Å².